The third-order valence-electron chi connectivity index (χ3n) is 3.93. The van der Waals surface area contributed by atoms with Crippen molar-refractivity contribution in [2.45, 2.75) is 6.54 Å². The molecule has 1 aromatic carbocycles. The monoisotopic (exact) mass is 348 g/mol. The van der Waals surface area contributed by atoms with E-state index < -0.39 is 0 Å². The SMILES string of the molecule is CN(CC(=O)N1CCNCC1)Cc1coc(-c2cccc(Cl)c2)n1. The average Bonchev–Trinajstić information content (AvgIpc) is 3.04. The molecule has 1 amide bonds. The van der Waals surface area contributed by atoms with Gasteiger partial charge in [-0.05, 0) is 25.2 Å². The van der Waals surface area contributed by atoms with Crippen LogP contribution < -0.4 is 5.32 Å². The molecule has 2 heterocycles. The first kappa shape index (κ1) is 17.0. The fourth-order valence-electron chi connectivity index (χ4n) is 2.71. The number of hydrogen-bond donors (Lipinski definition) is 1. The predicted octanol–water partition coefficient (Wildman–Crippen LogP) is 1.86. The van der Waals surface area contributed by atoms with Gasteiger partial charge < -0.3 is 14.6 Å². The van der Waals surface area contributed by atoms with E-state index in [1.165, 1.54) is 0 Å². The van der Waals surface area contributed by atoms with Gasteiger partial charge in [0.2, 0.25) is 11.8 Å². The Bertz CT molecular complexity index is 697. The smallest absolute Gasteiger partial charge is 0.236 e. The number of nitrogens with one attached hydrogen (secondary N) is 1. The molecular formula is C17H21ClN4O2. The van der Waals surface area contributed by atoms with Gasteiger partial charge in [-0.2, -0.15) is 0 Å². The number of nitrogens with zero attached hydrogens (tertiary/aromatic N) is 3. The van der Waals surface area contributed by atoms with E-state index >= 15 is 0 Å². The molecule has 0 spiro atoms. The number of hydrogen-bond acceptors (Lipinski definition) is 5. The molecule has 128 valence electrons. The van der Waals surface area contributed by atoms with Crippen LogP contribution in [-0.4, -0.2) is 60.5 Å². The Labute approximate surface area is 146 Å². The number of amides is 1. The van der Waals surface area contributed by atoms with Gasteiger partial charge in [-0.3, -0.25) is 9.69 Å². The zero-order chi connectivity index (χ0) is 16.9. The summed E-state index contributed by atoms with van der Waals surface area (Å²) >= 11 is 5.99. The standard InChI is InChI=1S/C17H21ClN4O2/c1-21(11-16(23)22-7-5-19-6-8-22)10-15-12-24-17(20-15)13-3-2-4-14(18)9-13/h2-4,9,12,19H,5-8,10-11H2,1H3. The van der Waals surface area contributed by atoms with E-state index in [-0.39, 0.29) is 5.91 Å². The van der Waals surface area contributed by atoms with E-state index in [2.05, 4.69) is 10.3 Å². The van der Waals surface area contributed by atoms with E-state index in [4.69, 9.17) is 16.0 Å². The molecule has 0 radical (unpaired) electrons. The number of carbonyl (C=O) groups excluding carboxylic acids is 1. The molecule has 0 bridgehead atoms. The van der Waals surface area contributed by atoms with Crippen LogP contribution in [0.15, 0.2) is 34.9 Å². The lowest BCUT2D eigenvalue weighted by Gasteiger charge is -2.29. The van der Waals surface area contributed by atoms with Gasteiger partial charge >= 0.3 is 0 Å². The van der Waals surface area contributed by atoms with Crippen LogP contribution in [0.3, 0.4) is 0 Å². The number of rotatable bonds is 5. The Balaban J connectivity index is 1.57. The number of halogens is 1. The molecule has 24 heavy (non-hydrogen) atoms. The van der Waals surface area contributed by atoms with Gasteiger partial charge in [0.25, 0.3) is 0 Å². The number of oxazole rings is 1. The highest BCUT2D eigenvalue weighted by molar-refractivity contribution is 6.30. The van der Waals surface area contributed by atoms with Crippen LogP contribution in [0.1, 0.15) is 5.69 Å². The van der Waals surface area contributed by atoms with Gasteiger partial charge in [-0.1, -0.05) is 17.7 Å². The molecule has 0 unspecified atom stereocenters. The van der Waals surface area contributed by atoms with Crippen LogP contribution >= 0.6 is 11.6 Å². The maximum atomic E-state index is 12.3. The minimum absolute atomic E-state index is 0.151. The Hall–Kier alpha value is -1.89. The maximum Gasteiger partial charge on any atom is 0.236 e. The van der Waals surface area contributed by atoms with Gasteiger partial charge in [-0.25, -0.2) is 4.98 Å². The Morgan fingerprint density at radius 1 is 1.42 bits per heavy atom. The van der Waals surface area contributed by atoms with Crippen LogP contribution in [0.4, 0.5) is 0 Å². The molecule has 1 aromatic heterocycles. The number of likely N-dealkylation sites (N-methyl/N-ethyl adjacent to an activating group) is 1. The van der Waals surface area contributed by atoms with Crippen molar-refractivity contribution in [2.24, 2.45) is 0 Å². The highest BCUT2D eigenvalue weighted by atomic mass is 35.5. The second-order valence-electron chi connectivity index (χ2n) is 5.96. The van der Waals surface area contributed by atoms with E-state index in [9.17, 15) is 4.79 Å². The highest BCUT2D eigenvalue weighted by Crippen LogP contribution is 2.22. The van der Waals surface area contributed by atoms with Gasteiger partial charge in [0.1, 0.15) is 6.26 Å². The van der Waals surface area contributed by atoms with E-state index in [1.54, 1.807) is 6.26 Å². The van der Waals surface area contributed by atoms with Gasteiger partial charge in [0.15, 0.2) is 0 Å². The predicted molar refractivity (Wildman–Crippen MR) is 92.7 cm³/mol. The lowest BCUT2D eigenvalue weighted by Crippen LogP contribution is -2.49. The molecule has 6 nitrogen and oxygen atoms in total. The van der Waals surface area contributed by atoms with Crippen molar-refractivity contribution < 1.29 is 9.21 Å². The summed E-state index contributed by atoms with van der Waals surface area (Å²) in [6.07, 6.45) is 1.63. The number of benzene rings is 1. The van der Waals surface area contributed by atoms with Crippen LogP contribution in [0.2, 0.25) is 5.02 Å². The molecule has 2 aromatic rings. The molecular weight excluding hydrogens is 328 g/mol. The molecule has 7 heteroatoms. The van der Waals surface area contributed by atoms with Gasteiger partial charge in [-0.15, -0.1) is 0 Å². The largest absolute Gasteiger partial charge is 0.444 e. The molecule has 3 rings (SSSR count). The first-order valence-electron chi connectivity index (χ1n) is 7.99. The summed E-state index contributed by atoms with van der Waals surface area (Å²) in [6.45, 7) is 4.20. The molecule has 0 aliphatic carbocycles. The van der Waals surface area contributed by atoms with Crippen molar-refractivity contribution in [1.29, 1.82) is 0 Å². The summed E-state index contributed by atoms with van der Waals surface area (Å²) in [6, 6.07) is 7.39. The van der Waals surface area contributed by atoms with E-state index in [0.29, 0.717) is 24.0 Å². The van der Waals surface area contributed by atoms with Crippen LogP contribution in [0.5, 0.6) is 0 Å². The van der Waals surface area contributed by atoms with Gasteiger partial charge in [0, 0.05) is 43.3 Å². The Morgan fingerprint density at radius 2 is 2.21 bits per heavy atom. The topological polar surface area (TPSA) is 61.6 Å². The number of carbonyl (C=O) groups is 1. The Kier molecular flexibility index (Phi) is 5.50. The summed E-state index contributed by atoms with van der Waals surface area (Å²) in [5.74, 6) is 0.687. The fourth-order valence-corrected chi connectivity index (χ4v) is 2.90. The summed E-state index contributed by atoms with van der Waals surface area (Å²) in [4.78, 5) is 20.6. The van der Waals surface area contributed by atoms with Crippen molar-refractivity contribution in [2.75, 3.05) is 39.8 Å². The zero-order valence-electron chi connectivity index (χ0n) is 13.7. The summed E-state index contributed by atoms with van der Waals surface area (Å²) in [5, 5.41) is 3.89. The zero-order valence-corrected chi connectivity index (χ0v) is 14.4. The second-order valence-corrected chi connectivity index (χ2v) is 6.39. The summed E-state index contributed by atoms with van der Waals surface area (Å²) < 4.78 is 5.53. The molecule has 1 saturated heterocycles. The molecule has 1 fully saturated rings. The second kappa shape index (κ2) is 7.79. The summed E-state index contributed by atoms with van der Waals surface area (Å²) in [7, 11) is 1.91. The summed E-state index contributed by atoms with van der Waals surface area (Å²) in [5.41, 5.74) is 1.63. The third-order valence-corrected chi connectivity index (χ3v) is 4.17. The molecule has 1 aliphatic heterocycles. The van der Waals surface area contributed by atoms with Gasteiger partial charge in [0.05, 0.1) is 12.2 Å². The first-order valence-corrected chi connectivity index (χ1v) is 8.37. The number of aromatic nitrogens is 1. The highest BCUT2D eigenvalue weighted by Gasteiger charge is 2.18. The van der Waals surface area contributed by atoms with Crippen LogP contribution in [0.25, 0.3) is 11.5 Å². The molecule has 1 aliphatic rings. The van der Waals surface area contributed by atoms with Crippen molar-refractivity contribution in [3.05, 3.63) is 41.2 Å². The molecule has 1 N–H and O–H groups in total. The van der Waals surface area contributed by atoms with Crippen molar-refractivity contribution >= 4 is 17.5 Å². The Morgan fingerprint density at radius 3 is 2.96 bits per heavy atom. The minimum Gasteiger partial charge on any atom is -0.444 e. The van der Waals surface area contributed by atoms with Crippen molar-refractivity contribution in [1.82, 2.24) is 20.1 Å². The van der Waals surface area contributed by atoms with Crippen molar-refractivity contribution in [3.63, 3.8) is 0 Å². The third kappa shape index (κ3) is 4.35. The number of piperazine rings is 1. The molecule has 0 saturated carbocycles. The lowest BCUT2D eigenvalue weighted by molar-refractivity contribution is -0.132. The lowest BCUT2D eigenvalue weighted by atomic mass is 10.2. The van der Waals surface area contributed by atoms with E-state index in [1.807, 2.05) is 41.1 Å². The minimum atomic E-state index is 0.151. The first-order chi connectivity index (χ1) is 11.6. The normalized spacial score (nSPS) is 15.0. The maximum absolute atomic E-state index is 12.3. The van der Waals surface area contributed by atoms with Crippen LogP contribution in [0, 0.1) is 0 Å². The average molecular weight is 349 g/mol. The molecule has 0 atom stereocenters. The van der Waals surface area contributed by atoms with Crippen LogP contribution in [-0.2, 0) is 11.3 Å². The quantitative estimate of drug-likeness (QED) is 0.893. The van der Waals surface area contributed by atoms with E-state index in [0.717, 1.165) is 37.4 Å². The fraction of sp³-hybridized carbons (Fsp3) is 0.412. The van der Waals surface area contributed by atoms with Crippen molar-refractivity contribution in [3.8, 4) is 11.5 Å².